The maximum absolute atomic E-state index is 10.0. The smallest absolute Gasteiger partial charge is 0.139 e. The zero-order valence-electron chi connectivity index (χ0n) is 13.0. The Morgan fingerprint density at radius 2 is 1.86 bits per heavy atom. The number of para-hydroxylation sites is 2. The Balaban J connectivity index is 1.77. The van der Waals surface area contributed by atoms with Crippen LogP contribution in [0.4, 0.5) is 11.4 Å². The van der Waals surface area contributed by atoms with Crippen molar-refractivity contribution in [2.45, 2.75) is 6.54 Å². The molecule has 0 atom stereocenters. The maximum Gasteiger partial charge on any atom is 0.139 e. The van der Waals surface area contributed by atoms with Gasteiger partial charge in [0, 0.05) is 45.5 Å². The van der Waals surface area contributed by atoms with Gasteiger partial charge in [0.2, 0.25) is 0 Å². The van der Waals surface area contributed by atoms with Crippen LogP contribution in [-0.2, 0) is 6.54 Å². The van der Waals surface area contributed by atoms with Gasteiger partial charge in [0.15, 0.2) is 0 Å². The van der Waals surface area contributed by atoms with Gasteiger partial charge in [-0.3, -0.25) is 4.90 Å². The second-order valence-electron chi connectivity index (χ2n) is 5.74. The molecule has 1 saturated heterocycles. The number of rotatable bonds is 4. The highest BCUT2D eigenvalue weighted by Gasteiger charge is 2.12. The maximum atomic E-state index is 10.0. The number of benzene rings is 2. The standard InChI is InChI=1S/C18H23N3O/c1-20(17-7-2-3-8-18(17)22)16-6-4-5-15(13-16)14-21-11-9-19-10-12-21/h2-8,13,19,22H,9-12,14H2,1H3. The Morgan fingerprint density at radius 1 is 1.09 bits per heavy atom. The van der Waals surface area contributed by atoms with Gasteiger partial charge in [-0.25, -0.2) is 0 Å². The Kier molecular flexibility index (Phi) is 4.61. The molecule has 2 N–H and O–H groups in total. The summed E-state index contributed by atoms with van der Waals surface area (Å²) in [6, 6.07) is 16.0. The minimum absolute atomic E-state index is 0.303. The van der Waals surface area contributed by atoms with E-state index in [4.69, 9.17) is 0 Å². The number of nitrogens with zero attached hydrogens (tertiary/aromatic N) is 2. The number of piperazine rings is 1. The lowest BCUT2D eigenvalue weighted by atomic mass is 10.1. The predicted molar refractivity (Wildman–Crippen MR) is 90.8 cm³/mol. The van der Waals surface area contributed by atoms with Crippen LogP contribution in [-0.4, -0.2) is 43.2 Å². The number of hydrogen-bond donors (Lipinski definition) is 2. The van der Waals surface area contributed by atoms with Gasteiger partial charge >= 0.3 is 0 Å². The quantitative estimate of drug-likeness (QED) is 0.910. The lowest BCUT2D eigenvalue weighted by Crippen LogP contribution is -2.42. The summed E-state index contributed by atoms with van der Waals surface area (Å²) in [6.45, 7) is 5.30. The first-order chi connectivity index (χ1) is 10.7. The third-order valence-corrected chi connectivity index (χ3v) is 4.16. The molecule has 4 heteroatoms. The third kappa shape index (κ3) is 3.40. The molecule has 1 fully saturated rings. The minimum Gasteiger partial charge on any atom is -0.506 e. The highest BCUT2D eigenvalue weighted by atomic mass is 16.3. The fraction of sp³-hybridized carbons (Fsp3) is 0.333. The van der Waals surface area contributed by atoms with E-state index < -0.39 is 0 Å². The van der Waals surface area contributed by atoms with Gasteiger partial charge in [-0.2, -0.15) is 0 Å². The van der Waals surface area contributed by atoms with E-state index in [0.717, 1.165) is 44.1 Å². The van der Waals surface area contributed by atoms with Crippen molar-refractivity contribution in [2.24, 2.45) is 0 Å². The lowest BCUT2D eigenvalue weighted by molar-refractivity contribution is 0.233. The molecule has 4 nitrogen and oxygen atoms in total. The molecule has 0 radical (unpaired) electrons. The van der Waals surface area contributed by atoms with Crippen LogP contribution >= 0.6 is 0 Å². The summed E-state index contributed by atoms with van der Waals surface area (Å²) in [5.74, 6) is 0.303. The van der Waals surface area contributed by atoms with Crippen LogP contribution in [0.25, 0.3) is 0 Å². The van der Waals surface area contributed by atoms with Gasteiger partial charge in [-0.05, 0) is 29.8 Å². The molecule has 22 heavy (non-hydrogen) atoms. The molecule has 0 spiro atoms. The van der Waals surface area contributed by atoms with Crippen LogP contribution in [0, 0.1) is 0 Å². The van der Waals surface area contributed by atoms with Crippen molar-refractivity contribution < 1.29 is 5.11 Å². The van der Waals surface area contributed by atoms with Gasteiger partial charge < -0.3 is 15.3 Å². The first kappa shape index (κ1) is 14.9. The zero-order chi connectivity index (χ0) is 15.4. The second kappa shape index (κ2) is 6.81. The largest absolute Gasteiger partial charge is 0.506 e. The zero-order valence-corrected chi connectivity index (χ0v) is 13.0. The normalized spacial score (nSPS) is 15.7. The topological polar surface area (TPSA) is 38.7 Å². The lowest BCUT2D eigenvalue weighted by Gasteiger charge is -2.28. The molecule has 0 bridgehead atoms. The van der Waals surface area contributed by atoms with E-state index >= 15 is 0 Å². The van der Waals surface area contributed by atoms with Crippen LogP contribution < -0.4 is 10.2 Å². The summed E-state index contributed by atoms with van der Waals surface area (Å²) in [6.07, 6.45) is 0. The molecular formula is C18H23N3O. The third-order valence-electron chi connectivity index (χ3n) is 4.16. The van der Waals surface area contributed by atoms with E-state index in [9.17, 15) is 5.11 Å². The summed E-state index contributed by atoms with van der Waals surface area (Å²) >= 11 is 0. The highest BCUT2D eigenvalue weighted by molar-refractivity contribution is 5.68. The van der Waals surface area contributed by atoms with E-state index in [-0.39, 0.29) is 0 Å². The molecule has 1 aliphatic rings. The monoisotopic (exact) mass is 297 g/mol. The second-order valence-corrected chi connectivity index (χ2v) is 5.74. The Morgan fingerprint density at radius 3 is 2.64 bits per heavy atom. The fourth-order valence-electron chi connectivity index (χ4n) is 2.88. The van der Waals surface area contributed by atoms with Crippen molar-refractivity contribution in [1.29, 1.82) is 0 Å². The number of aromatic hydroxyl groups is 1. The van der Waals surface area contributed by atoms with E-state index in [1.807, 2.05) is 30.1 Å². The highest BCUT2D eigenvalue weighted by Crippen LogP contribution is 2.31. The molecule has 116 valence electrons. The molecule has 0 aromatic heterocycles. The van der Waals surface area contributed by atoms with Gasteiger partial charge in [-0.15, -0.1) is 0 Å². The van der Waals surface area contributed by atoms with Gasteiger partial charge in [0.05, 0.1) is 5.69 Å². The van der Waals surface area contributed by atoms with Crippen LogP contribution in [0.2, 0.25) is 0 Å². The van der Waals surface area contributed by atoms with Crippen LogP contribution in [0.3, 0.4) is 0 Å². The predicted octanol–water partition coefficient (Wildman–Crippen LogP) is 2.57. The molecule has 3 rings (SSSR count). The van der Waals surface area contributed by atoms with Gasteiger partial charge in [0.25, 0.3) is 0 Å². The molecule has 0 saturated carbocycles. The number of phenolic OH excluding ortho intramolecular Hbond substituents is 1. The number of nitrogens with one attached hydrogen (secondary N) is 1. The number of hydrogen-bond acceptors (Lipinski definition) is 4. The SMILES string of the molecule is CN(c1cccc(CN2CCNCC2)c1)c1ccccc1O. The molecule has 2 aromatic carbocycles. The Hall–Kier alpha value is -2.04. The van der Waals surface area contributed by atoms with Crippen molar-refractivity contribution >= 4 is 11.4 Å². The summed E-state index contributed by atoms with van der Waals surface area (Å²) in [5.41, 5.74) is 3.22. The molecule has 0 unspecified atom stereocenters. The van der Waals surface area contributed by atoms with Gasteiger partial charge in [0.1, 0.15) is 5.75 Å². The van der Waals surface area contributed by atoms with Crippen molar-refractivity contribution in [3.05, 3.63) is 54.1 Å². The molecule has 0 aliphatic carbocycles. The molecule has 1 aliphatic heterocycles. The molecule has 1 heterocycles. The van der Waals surface area contributed by atoms with Crippen molar-refractivity contribution in [3.63, 3.8) is 0 Å². The van der Waals surface area contributed by atoms with Crippen molar-refractivity contribution in [1.82, 2.24) is 10.2 Å². The summed E-state index contributed by atoms with van der Waals surface area (Å²) < 4.78 is 0. The van der Waals surface area contributed by atoms with Gasteiger partial charge in [-0.1, -0.05) is 24.3 Å². The van der Waals surface area contributed by atoms with E-state index in [2.05, 4.69) is 34.5 Å². The first-order valence-electron chi connectivity index (χ1n) is 7.78. The van der Waals surface area contributed by atoms with Crippen LogP contribution in [0.5, 0.6) is 5.75 Å². The Labute approximate surface area is 132 Å². The fourth-order valence-corrected chi connectivity index (χ4v) is 2.88. The van der Waals surface area contributed by atoms with E-state index in [1.54, 1.807) is 6.07 Å². The van der Waals surface area contributed by atoms with Crippen LogP contribution in [0.15, 0.2) is 48.5 Å². The molecule has 2 aromatic rings. The number of anilines is 2. The first-order valence-corrected chi connectivity index (χ1v) is 7.78. The Bertz CT molecular complexity index is 623. The average molecular weight is 297 g/mol. The summed E-state index contributed by atoms with van der Waals surface area (Å²) in [4.78, 5) is 4.49. The average Bonchev–Trinajstić information content (AvgIpc) is 2.56. The molecule has 0 amide bonds. The van der Waals surface area contributed by atoms with Crippen molar-refractivity contribution in [2.75, 3.05) is 38.1 Å². The van der Waals surface area contributed by atoms with E-state index in [1.165, 1.54) is 5.56 Å². The van der Waals surface area contributed by atoms with Crippen molar-refractivity contribution in [3.8, 4) is 5.75 Å². The number of phenols is 1. The minimum atomic E-state index is 0.303. The van der Waals surface area contributed by atoms with E-state index in [0.29, 0.717) is 5.75 Å². The van der Waals surface area contributed by atoms with Crippen LogP contribution in [0.1, 0.15) is 5.56 Å². The summed E-state index contributed by atoms with van der Waals surface area (Å²) in [7, 11) is 1.99. The summed E-state index contributed by atoms with van der Waals surface area (Å²) in [5, 5.41) is 13.4. The molecular weight excluding hydrogens is 274 g/mol.